The molecule has 0 amide bonds. The van der Waals surface area contributed by atoms with E-state index in [1.807, 2.05) is 0 Å². The number of hydrogen-bond acceptors (Lipinski definition) is 5. The van der Waals surface area contributed by atoms with Crippen LogP contribution >= 0.6 is 0 Å². The average Bonchev–Trinajstić information content (AvgIpc) is 2.51. The smallest absolute Gasteiger partial charge is 0.209 e. The first kappa shape index (κ1) is 15.6. The fourth-order valence-electron chi connectivity index (χ4n) is 2.17. The predicted octanol–water partition coefficient (Wildman–Crippen LogP) is 2.17. The van der Waals surface area contributed by atoms with Crippen molar-refractivity contribution in [2.24, 2.45) is 11.7 Å². The van der Waals surface area contributed by atoms with Crippen molar-refractivity contribution in [1.82, 2.24) is 4.98 Å². The Bertz CT molecular complexity index is 722. The Kier molecular flexibility index (Phi) is 4.45. The predicted molar refractivity (Wildman–Crippen MR) is 79.2 cm³/mol. The standard InChI is InChI=1S/C15H14F2N4O/c16-11-5-1-3-8(12(11)17)10(7-18)14(22)13(19)9-4-2-6-21-15(9)20/h1-2,4-8,19H,3,18H2,(H2,20,21). The first-order chi connectivity index (χ1) is 10.5. The van der Waals surface area contributed by atoms with Crippen molar-refractivity contribution in [2.75, 3.05) is 5.73 Å². The maximum Gasteiger partial charge on any atom is 0.209 e. The molecule has 1 aliphatic rings. The number of nitrogen functional groups attached to an aromatic ring is 1. The molecule has 0 saturated heterocycles. The summed E-state index contributed by atoms with van der Waals surface area (Å²) in [5, 5.41) is 7.93. The molecule has 5 N–H and O–H groups in total. The van der Waals surface area contributed by atoms with Crippen molar-refractivity contribution >= 4 is 17.3 Å². The molecule has 114 valence electrons. The lowest BCUT2D eigenvalue weighted by atomic mass is 9.86. The number of hydrogen-bond donors (Lipinski definition) is 3. The van der Waals surface area contributed by atoms with Crippen LogP contribution in [0, 0.1) is 11.3 Å². The van der Waals surface area contributed by atoms with Crippen LogP contribution in [0.4, 0.5) is 14.6 Å². The van der Waals surface area contributed by atoms with Gasteiger partial charge in [-0.1, -0.05) is 6.08 Å². The second-order valence-electron chi connectivity index (χ2n) is 4.65. The van der Waals surface area contributed by atoms with Crippen LogP contribution < -0.4 is 11.5 Å². The van der Waals surface area contributed by atoms with E-state index in [9.17, 15) is 13.6 Å². The molecule has 0 aliphatic heterocycles. The molecule has 1 atom stereocenters. The molecule has 22 heavy (non-hydrogen) atoms. The second kappa shape index (κ2) is 6.30. The highest BCUT2D eigenvalue weighted by molar-refractivity contribution is 6.51. The van der Waals surface area contributed by atoms with Crippen LogP contribution in [0.25, 0.3) is 0 Å². The Morgan fingerprint density at radius 2 is 2.18 bits per heavy atom. The van der Waals surface area contributed by atoms with E-state index in [2.05, 4.69) is 4.98 Å². The number of pyridine rings is 1. The number of carbonyl (C=O) groups excluding carboxylic acids is 1. The number of aromatic nitrogens is 1. The molecular formula is C15H14F2N4O. The van der Waals surface area contributed by atoms with Gasteiger partial charge in [-0.3, -0.25) is 10.2 Å². The van der Waals surface area contributed by atoms with Crippen LogP contribution in [-0.4, -0.2) is 16.5 Å². The van der Waals surface area contributed by atoms with Gasteiger partial charge in [-0.05, 0) is 24.6 Å². The molecule has 0 spiro atoms. The fourth-order valence-corrected chi connectivity index (χ4v) is 2.17. The fraction of sp³-hybridized carbons (Fsp3) is 0.133. The van der Waals surface area contributed by atoms with Crippen LogP contribution in [-0.2, 0) is 4.79 Å². The van der Waals surface area contributed by atoms with Gasteiger partial charge in [0.2, 0.25) is 5.78 Å². The number of rotatable bonds is 4. The number of ketones is 1. The topological polar surface area (TPSA) is 106 Å². The van der Waals surface area contributed by atoms with Gasteiger partial charge < -0.3 is 11.5 Å². The maximum absolute atomic E-state index is 13.9. The van der Waals surface area contributed by atoms with Gasteiger partial charge in [0.15, 0.2) is 5.83 Å². The molecule has 0 fully saturated rings. The third kappa shape index (κ3) is 2.78. The Balaban J connectivity index is 2.33. The summed E-state index contributed by atoms with van der Waals surface area (Å²) in [5.41, 5.74) is 10.5. The van der Waals surface area contributed by atoms with Crippen molar-refractivity contribution in [2.45, 2.75) is 6.42 Å². The molecular weight excluding hydrogens is 290 g/mol. The summed E-state index contributed by atoms with van der Waals surface area (Å²) in [5.74, 6) is -4.07. The summed E-state index contributed by atoms with van der Waals surface area (Å²) in [6.45, 7) is 0. The average molecular weight is 304 g/mol. The van der Waals surface area contributed by atoms with Crippen LogP contribution in [0.15, 0.2) is 53.9 Å². The van der Waals surface area contributed by atoms with E-state index in [-0.39, 0.29) is 23.4 Å². The third-order valence-electron chi connectivity index (χ3n) is 3.32. The van der Waals surface area contributed by atoms with Gasteiger partial charge in [0, 0.05) is 29.5 Å². The highest BCUT2D eigenvalue weighted by Gasteiger charge is 2.31. The van der Waals surface area contributed by atoms with E-state index in [1.54, 1.807) is 0 Å². The normalized spacial score (nSPS) is 18.5. The minimum atomic E-state index is -1.14. The summed E-state index contributed by atoms with van der Waals surface area (Å²) in [7, 11) is 0. The number of nitrogens with two attached hydrogens (primary N) is 2. The first-order valence-corrected chi connectivity index (χ1v) is 6.45. The molecule has 7 heteroatoms. The lowest BCUT2D eigenvalue weighted by Gasteiger charge is -2.19. The monoisotopic (exact) mass is 304 g/mol. The van der Waals surface area contributed by atoms with Crippen molar-refractivity contribution < 1.29 is 13.6 Å². The zero-order valence-electron chi connectivity index (χ0n) is 11.5. The zero-order chi connectivity index (χ0) is 16.3. The minimum absolute atomic E-state index is 0.00274. The molecule has 0 bridgehead atoms. The highest BCUT2D eigenvalue weighted by Crippen LogP contribution is 2.33. The summed E-state index contributed by atoms with van der Waals surface area (Å²) >= 11 is 0. The molecule has 2 rings (SSSR count). The summed E-state index contributed by atoms with van der Waals surface area (Å²) in [6.07, 6.45) is 4.81. The van der Waals surface area contributed by atoms with Crippen LogP contribution in [0.3, 0.4) is 0 Å². The number of carbonyl (C=O) groups is 1. The van der Waals surface area contributed by atoms with E-state index >= 15 is 0 Å². The van der Waals surface area contributed by atoms with Gasteiger partial charge in [0.1, 0.15) is 17.4 Å². The quantitative estimate of drug-likeness (QED) is 0.585. The molecule has 1 aromatic heterocycles. The number of anilines is 1. The lowest BCUT2D eigenvalue weighted by Crippen LogP contribution is -2.25. The number of nitrogens with one attached hydrogen (secondary N) is 1. The van der Waals surface area contributed by atoms with Gasteiger partial charge in [-0.25, -0.2) is 13.8 Å². The number of halogens is 2. The highest BCUT2D eigenvalue weighted by atomic mass is 19.2. The van der Waals surface area contributed by atoms with Crippen LogP contribution in [0.2, 0.25) is 0 Å². The van der Waals surface area contributed by atoms with Gasteiger partial charge in [-0.15, -0.1) is 0 Å². The third-order valence-corrected chi connectivity index (χ3v) is 3.32. The Hall–Kier alpha value is -2.83. The molecule has 0 aromatic carbocycles. The van der Waals surface area contributed by atoms with Gasteiger partial charge in [-0.2, -0.15) is 0 Å². The van der Waals surface area contributed by atoms with Crippen LogP contribution in [0.5, 0.6) is 0 Å². The number of nitrogens with zero attached hydrogens (tertiary/aromatic N) is 1. The van der Waals surface area contributed by atoms with Crippen molar-refractivity contribution in [3.8, 4) is 0 Å². The largest absolute Gasteiger partial charge is 0.404 e. The van der Waals surface area contributed by atoms with E-state index in [1.165, 1.54) is 24.4 Å². The zero-order valence-corrected chi connectivity index (χ0v) is 11.5. The number of Topliss-reactive ketones (excluding diaryl/α,β-unsaturated/α-hetero) is 1. The van der Waals surface area contributed by atoms with E-state index < -0.39 is 29.1 Å². The van der Waals surface area contributed by atoms with Gasteiger partial charge >= 0.3 is 0 Å². The summed E-state index contributed by atoms with van der Waals surface area (Å²) in [6, 6.07) is 2.97. The molecule has 1 heterocycles. The number of allylic oxidation sites excluding steroid dienone is 5. The molecule has 1 aliphatic carbocycles. The first-order valence-electron chi connectivity index (χ1n) is 6.45. The van der Waals surface area contributed by atoms with Gasteiger partial charge in [0.05, 0.1) is 0 Å². The molecule has 1 unspecified atom stereocenters. The van der Waals surface area contributed by atoms with E-state index in [0.717, 1.165) is 12.3 Å². The summed E-state index contributed by atoms with van der Waals surface area (Å²) in [4.78, 5) is 16.2. The Morgan fingerprint density at radius 1 is 1.45 bits per heavy atom. The van der Waals surface area contributed by atoms with E-state index in [0.29, 0.717) is 0 Å². The van der Waals surface area contributed by atoms with E-state index in [4.69, 9.17) is 16.9 Å². The Labute approximate surface area is 125 Å². The maximum atomic E-state index is 13.9. The van der Waals surface area contributed by atoms with Gasteiger partial charge in [0.25, 0.3) is 0 Å². The minimum Gasteiger partial charge on any atom is -0.404 e. The molecule has 0 saturated carbocycles. The molecule has 1 aromatic rings. The molecule has 5 nitrogen and oxygen atoms in total. The second-order valence-corrected chi connectivity index (χ2v) is 4.65. The van der Waals surface area contributed by atoms with Crippen molar-refractivity contribution in [3.63, 3.8) is 0 Å². The summed E-state index contributed by atoms with van der Waals surface area (Å²) < 4.78 is 27.2. The van der Waals surface area contributed by atoms with Crippen molar-refractivity contribution in [3.05, 3.63) is 59.5 Å². The van der Waals surface area contributed by atoms with Crippen molar-refractivity contribution in [1.29, 1.82) is 5.41 Å². The Morgan fingerprint density at radius 3 is 2.82 bits per heavy atom. The lowest BCUT2D eigenvalue weighted by molar-refractivity contribution is -0.110. The van der Waals surface area contributed by atoms with Crippen LogP contribution in [0.1, 0.15) is 12.0 Å². The molecule has 0 radical (unpaired) electrons. The SMILES string of the molecule is N=C(C(=O)C(=CN)C1CC=CC(F)=C1F)c1cccnc1N.